The molecule has 1 heterocycles. The molecule has 2 rings (SSSR count). The molecule has 0 spiro atoms. The molecule has 0 N–H and O–H groups in total. The standard InChI is InChI=1S/C19H21NO3/c1-6-11-23-17-9-7-16(8-10-17)20-12(2)18(14(4)21)19(13(20)3)15(5)22/h6-10H,1,11H2,2-5H3. The summed E-state index contributed by atoms with van der Waals surface area (Å²) in [5, 5.41) is 0. The predicted octanol–water partition coefficient (Wildman–Crippen LogP) is 4.06. The third kappa shape index (κ3) is 3.11. The lowest BCUT2D eigenvalue weighted by molar-refractivity contribution is 0.0981. The lowest BCUT2D eigenvalue weighted by Crippen LogP contribution is -2.02. The van der Waals surface area contributed by atoms with Gasteiger partial charge in [0, 0.05) is 28.2 Å². The van der Waals surface area contributed by atoms with Gasteiger partial charge in [-0.05, 0) is 52.0 Å². The van der Waals surface area contributed by atoms with Gasteiger partial charge in [-0.15, -0.1) is 0 Å². The fourth-order valence-corrected chi connectivity index (χ4v) is 2.93. The van der Waals surface area contributed by atoms with E-state index in [0.29, 0.717) is 17.7 Å². The second-order valence-electron chi connectivity index (χ2n) is 5.46. The van der Waals surface area contributed by atoms with Crippen molar-refractivity contribution in [2.45, 2.75) is 27.7 Å². The molecule has 0 atom stereocenters. The van der Waals surface area contributed by atoms with E-state index in [-0.39, 0.29) is 11.6 Å². The quantitative estimate of drug-likeness (QED) is 0.597. The number of aromatic nitrogens is 1. The number of ketones is 2. The van der Waals surface area contributed by atoms with Crippen LogP contribution in [0.2, 0.25) is 0 Å². The summed E-state index contributed by atoms with van der Waals surface area (Å²) < 4.78 is 7.41. The minimum absolute atomic E-state index is 0.0968. The molecule has 0 aliphatic heterocycles. The van der Waals surface area contributed by atoms with Crippen molar-refractivity contribution in [3.8, 4) is 11.4 Å². The SMILES string of the molecule is C=CCOc1ccc(-n2c(C)c(C(C)=O)c(C(C)=O)c2C)cc1. The van der Waals surface area contributed by atoms with Crippen LogP contribution < -0.4 is 4.74 Å². The van der Waals surface area contributed by atoms with Gasteiger partial charge in [-0.1, -0.05) is 12.7 Å². The highest BCUT2D eigenvalue weighted by molar-refractivity contribution is 6.09. The Morgan fingerprint density at radius 3 is 1.91 bits per heavy atom. The largest absolute Gasteiger partial charge is 0.490 e. The normalized spacial score (nSPS) is 10.4. The van der Waals surface area contributed by atoms with Gasteiger partial charge in [-0.2, -0.15) is 0 Å². The van der Waals surface area contributed by atoms with E-state index >= 15 is 0 Å². The molecule has 4 nitrogen and oxygen atoms in total. The monoisotopic (exact) mass is 311 g/mol. The molecule has 2 aromatic rings. The van der Waals surface area contributed by atoms with Crippen LogP contribution in [0.15, 0.2) is 36.9 Å². The maximum atomic E-state index is 12.0. The summed E-state index contributed by atoms with van der Waals surface area (Å²) in [5.74, 6) is 0.552. The summed E-state index contributed by atoms with van der Waals surface area (Å²) >= 11 is 0. The van der Waals surface area contributed by atoms with E-state index in [2.05, 4.69) is 6.58 Å². The zero-order valence-electron chi connectivity index (χ0n) is 14.0. The number of Topliss-reactive ketones (excluding diaryl/α,β-unsaturated/α-hetero) is 2. The van der Waals surface area contributed by atoms with Gasteiger partial charge in [0.2, 0.25) is 0 Å². The first-order chi connectivity index (χ1) is 10.9. The smallest absolute Gasteiger partial charge is 0.162 e. The zero-order chi connectivity index (χ0) is 17.1. The van der Waals surface area contributed by atoms with E-state index in [9.17, 15) is 9.59 Å². The number of hydrogen-bond acceptors (Lipinski definition) is 3. The molecule has 0 aliphatic carbocycles. The van der Waals surface area contributed by atoms with Gasteiger partial charge in [0.1, 0.15) is 12.4 Å². The van der Waals surface area contributed by atoms with E-state index < -0.39 is 0 Å². The Hall–Kier alpha value is -2.62. The van der Waals surface area contributed by atoms with Gasteiger partial charge < -0.3 is 9.30 Å². The molecule has 1 aromatic carbocycles. The van der Waals surface area contributed by atoms with Crippen LogP contribution in [0.1, 0.15) is 46.0 Å². The summed E-state index contributed by atoms with van der Waals surface area (Å²) in [4.78, 5) is 23.9. The van der Waals surface area contributed by atoms with Crippen LogP contribution in [0.3, 0.4) is 0 Å². The maximum Gasteiger partial charge on any atom is 0.162 e. The minimum atomic E-state index is -0.0968. The summed E-state index contributed by atoms with van der Waals surface area (Å²) in [6, 6.07) is 7.54. The van der Waals surface area contributed by atoms with Gasteiger partial charge in [-0.25, -0.2) is 0 Å². The molecule has 23 heavy (non-hydrogen) atoms. The van der Waals surface area contributed by atoms with E-state index in [1.807, 2.05) is 42.7 Å². The van der Waals surface area contributed by atoms with Crippen molar-refractivity contribution in [3.05, 3.63) is 59.4 Å². The number of rotatable bonds is 6. The van der Waals surface area contributed by atoms with Crippen molar-refractivity contribution >= 4 is 11.6 Å². The summed E-state index contributed by atoms with van der Waals surface area (Å²) in [7, 11) is 0. The van der Waals surface area contributed by atoms with Crippen molar-refractivity contribution in [1.82, 2.24) is 4.57 Å². The van der Waals surface area contributed by atoms with Crippen molar-refractivity contribution in [3.63, 3.8) is 0 Å². The van der Waals surface area contributed by atoms with Gasteiger partial charge in [0.05, 0.1) is 0 Å². The second-order valence-corrected chi connectivity index (χ2v) is 5.46. The van der Waals surface area contributed by atoms with E-state index in [4.69, 9.17) is 4.74 Å². The molecule has 1 aromatic heterocycles. The Bertz CT molecular complexity index is 729. The van der Waals surface area contributed by atoms with Crippen LogP contribution >= 0.6 is 0 Å². The van der Waals surface area contributed by atoms with E-state index in [1.54, 1.807) is 6.08 Å². The molecule has 0 saturated heterocycles. The molecule has 0 aliphatic rings. The second kappa shape index (κ2) is 6.65. The van der Waals surface area contributed by atoms with Gasteiger partial charge in [-0.3, -0.25) is 9.59 Å². The van der Waals surface area contributed by atoms with Gasteiger partial charge >= 0.3 is 0 Å². The predicted molar refractivity (Wildman–Crippen MR) is 90.9 cm³/mol. The highest BCUT2D eigenvalue weighted by atomic mass is 16.5. The molecule has 0 radical (unpaired) electrons. The number of ether oxygens (including phenoxy) is 1. The zero-order valence-corrected chi connectivity index (χ0v) is 14.0. The topological polar surface area (TPSA) is 48.3 Å². The van der Waals surface area contributed by atoms with E-state index in [1.165, 1.54) is 13.8 Å². The highest BCUT2D eigenvalue weighted by Crippen LogP contribution is 2.28. The molecule has 120 valence electrons. The molecule has 0 amide bonds. The van der Waals surface area contributed by atoms with Crippen molar-refractivity contribution in [2.24, 2.45) is 0 Å². The number of carbonyl (C=O) groups is 2. The molecule has 0 fully saturated rings. The minimum Gasteiger partial charge on any atom is -0.490 e. The Morgan fingerprint density at radius 2 is 1.52 bits per heavy atom. The van der Waals surface area contributed by atoms with E-state index in [0.717, 1.165) is 22.8 Å². The summed E-state index contributed by atoms with van der Waals surface area (Å²) in [6.07, 6.45) is 1.69. The first kappa shape index (κ1) is 16.7. The van der Waals surface area contributed by atoms with Gasteiger partial charge in [0.15, 0.2) is 11.6 Å². The number of carbonyl (C=O) groups excluding carboxylic acids is 2. The number of hydrogen-bond donors (Lipinski definition) is 0. The Labute approximate surface area is 136 Å². The average Bonchev–Trinajstić information content (AvgIpc) is 2.77. The average molecular weight is 311 g/mol. The molecule has 0 unspecified atom stereocenters. The number of nitrogens with zero attached hydrogens (tertiary/aromatic N) is 1. The van der Waals surface area contributed by atoms with Crippen LogP contribution in [0.25, 0.3) is 5.69 Å². The van der Waals surface area contributed by atoms with Gasteiger partial charge in [0.25, 0.3) is 0 Å². The summed E-state index contributed by atoms with van der Waals surface area (Å²) in [5.41, 5.74) is 3.45. The maximum absolute atomic E-state index is 12.0. The first-order valence-electron chi connectivity index (χ1n) is 7.46. The highest BCUT2D eigenvalue weighted by Gasteiger charge is 2.23. The van der Waals surface area contributed by atoms with Crippen molar-refractivity contribution in [2.75, 3.05) is 6.61 Å². The molecular weight excluding hydrogens is 290 g/mol. The molecule has 4 heteroatoms. The fraction of sp³-hybridized carbons (Fsp3) is 0.263. The van der Waals surface area contributed by atoms with Crippen molar-refractivity contribution in [1.29, 1.82) is 0 Å². The first-order valence-corrected chi connectivity index (χ1v) is 7.46. The Kier molecular flexibility index (Phi) is 4.84. The Morgan fingerprint density at radius 1 is 1.04 bits per heavy atom. The van der Waals surface area contributed by atoms with Crippen LogP contribution in [0.4, 0.5) is 0 Å². The van der Waals surface area contributed by atoms with Crippen LogP contribution in [-0.2, 0) is 0 Å². The number of benzene rings is 1. The third-order valence-electron chi connectivity index (χ3n) is 3.81. The van der Waals surface area contributed by atoms with Crippen LogP contribution in [0, 0.1) is 13.8 Å². The van der Waals surface area contributed by atoms with Crippen LogP contribution in [-0.4, -0.2) is 22.7 Å². The Balaban J connectivity index is 2.55. The van der Waals surface area contributed by atoms with Crippen molar-refractivity contribution < 1.29 is 14.3 Å². The molecular formula is C19H21NO3. The molecule has 0 bridgehead atoms. The fourth-order valence-electron chi connectivity index (χ4n) is 2.93. The molecule has 0 saturated carbocycles. The summed E-state index contributed by atoms with van der Waals surface area (Å²) in [6.45, 7) is 10.8. The lowest BCUT2D eigenvalue weighted by atomic mass is 10.0. The third-order valence-corrected chi connectivity index (χ3v) is 3.81. The van der Waals surface area contributed by atoms with Crippen LogP contribution in [0.5, 0.6) is 5.75 Å². The lowest BCUT2D eigenvalue weighted by Gasteiger charge is -2.11.